The summed E-state index contributed by atoms with van der Waals surface area (Å²) >= 11 is 0. The lowest BCUT2D eigenvalue weighted by molar-refractivity contribution is -0.139. The molecule has 1 heterocycles. The molecular weight excluding hydrogens is 235 g/mol. The van der Waals surface area contributed by atoms with Crippen LogP contribution in [-0.4, -0.2) is 16.7 Å². The van der Waals surface area contributed by atoms with Gasteiger partial charge in [-0.25, -0.2) is 4.39 Å². The largest absolute Gasteiger partial charge is 0.278 e. The summed E-state index contributed by atoms with van der Waals surface area (Å²) in [7, 11) is 0. The van der Waals surface area contributed by atoms with Crippen LogP contribution < -0.4 is 0 Å². The summed E-state index contributed by atoms with van der Waals surface area (Å²) in [5.41, 5.74) is 0.625. The number of hydrogen-bond donors (Lipinski definition) is 0. The van der Waals surface area contributed by atoms with E-state index >= 15 is 0 Å². The molecule has 0 bridgehead atoms. The molecular formula is C13H11FN2O2. The van der Waals surface area contributed by atoms with Crippen LogP contribution >= 0.6 is 0 Å². The monoisotopic (exact) mass is 246 g/mol. The number of rotatable bonds is 2. The normalized spacial score (nSPS) is 19.2. The molecule has 0 spiro atoms. The van der Waals surface area contributed by atoms with Crippen LogP contribution in [0.2, 0.25) is 0 Å². The second-order valence-corrected chi connectivity index (χ2v) is 4.38. The molecule has 1 aromatic rings. The summed E-state index contributed by atoms with van der Waals surface area (Å²) in [6, 6.07) is 5.65. The number of benzene rings is 1. The Balaban J connectivity index is 2.25. The number of amides is 2. The van der Waals surface area contributed by atoms with E-state index < -0.39 is 5.82 Å². The lowest BCUT2D eigenvalue weighted by atomic mass is 10.1. The zero-order valence-electron chi connectivity index (χ0n) is 9.81. The van der Waals surface area contributed by atoms with Crippen LogP contribution in [0.15, 0.2) is 18.2 Å². The first kappa shape index (κ1) is 12.2. The molecule has 0 saturated carbocycles. The maximum atomic E-state index is 13.2. The molecule has 0 radical (unpaired) electrons. The minimum Gasteiger partial charge on any atom is -0.278 e. The predicted molar refractivity (Wildman–Crippen MR) is 60.5 cm³/mol. The standard InChI is InChI=1S/C13H11FN2O2/c1-8-2-12(17)16(13(8)18)7-10-3-9(6-15)4-11(14)5-10/h3-5,8H,2,7H2,1H3. The van der Waals surface area contributed by atoms with Crippen molar-refractivity contribution in [1.29, 1.82) is 5.26 Å². The number of carbonyl (C=O) groups excluding carboxylic acids is 2. The van der Waals surface area contributed by atoms with Gasteiger partial charge in [-0.2, -0.15) is 5.26 Å². The molecule has 0 N–H and O–H groups in total. The van der Waals surface area contributed by atoms with E-state index in [9.17, 15) is 14.0 Å². The van der Waals surface area contributed by atoms with Crippen molar-refractivity contribution >= 4 is 11.8 Å². The van der Waals surface area contributed by atoms with Gasteiger partial charge in [0.15, 0.2) is 0 Å². The highest BCUT2D eigenvalue weighted by Gasteiger charge is 2.35. The van der Waals surface area contributed by atoms with Crippen molar-refractivity contribution in [2.24, 2.45) is 5.92 Å². The summed E-state index contributed by atoms with van der Waals surface area (Å²) in [4.78, 5) is 24.4. The molecule has 2 amide bonds. The Kier molecular flexibility index (Phi) is 3.11. The summed E-state index contributed by atoms with van der Waals surface area (Å²) in [5, 5.41) is 8.73. The molecule has 1 atom stereocenters. The fourth-order valence-electron chi connectivity index (χ4n) is 2.00. The molecule has 5 heteroatoms. The van der Waals surface area contributed by atoms with Crippen LogP contribution in [0.25, 0.3) is 0 Å². The Morgan fingerprint density at radius 3 is 2.72 bits per heavy atom. The van der Waals surface area contributed by atoms with Crippen molar-refractivity contribution in [2.75, 3.05) is 0 Å². The van der Waals surface area contributed by atoms with Crippen molar-refractivity contribution in [3.8, 4) is 6.07 Å². The van der Waals surface area contributed by atoms with Gasteiger partial charge in [-0.15, -0.1) is 0 Å². The van der Waals surface area contributed by atoms with Gasteiger partial charge < -0.3 is 0 Å². The average Bonchev–Trinajstić information content (AvgIpc) is 2.55. The van der Waals surface area contributed by atoms with Gasteiger partial charge in [-0.1, -0.05) is 6.92 Å². The zero-order chi connectivity index (χ0) is 13.3. The number of halogens is 1. The van der Waals surface area contributed by atoms with E-state index in [1.54, 1.807) is 6.92 Å². The van der Waals surface area contributed by atoms with Gasteiger partial charge in [0.1, 0.15) is 5.82 Å². The first-order chi connectivity index (χ1) is 8.51. The molecule has 2 rings (SSSR count). The predicted octanol–water partition coefficient (Wildman–Crippen LogP) is 1.59. The highest BCUT2D eigenvalue weighted by molar-refractivity contribution is 6.03. The first-order valence-corrected chi connectivity index (χ1v) is 5.55. The van der Waals surface area contributed by atoms with Crippen molar-refractivity contribution in [3.63, 3.8) is 0 Å². The van der Waals surface area contributed by atoms with Crippen LogP contribution in [-0.2, 0) is 16.1 Å². The summed E-state index contributed by atoms with van der Waals surface area (Å²) in [5.74, 6) is -1.37. The molecule has 1 saturated heterocycles. The number of nitrogens with zero attached hydrogens (tertiary/aromatic N) is 2. The fraction of sp³-hybridized carbons (Fsp3) is 0.308. The van der Waals surface area contributed by atoms with Gasteiger partial charge in [-0.3, -0.25) is 14.5 Å². The highest BCUT2D eigenvalue weighted by Crippen LogP contribution is 2.21. The Labute approximate surface area is 104 Å². The summed E-state index contributed by atoms with van der Waals surface area (Å²) in [6.07, 6.45) is 0.194. The van der Waals surface area contributed by atoms with E-state index in [-0.39, 0.29) is 36.3 Å². The van der Waals surface area contributed by atoms with Gasteiger partial charge in [0, 0.05) is 12.3 Å². The SMILES string of the molecule is CC1CC(=O)N(Cc2cc(F)cc(C#N)c2)C1=O. The minimum absolute atomic E-state index is 0.0223. The second kappa shape index (κ2) is 4.57. The summed E-state index contributed by atoms with van der Waals surface area (Å²) in [6.45, 7) is 1.71. The average molecular weight is 246 g/mol. The molecule has 4 nitrogen and oxygen atoms in total. The van der Waals surface area contributed by atoms with Crippen LogP contribution in [0.1, 0.15) is 24.5 Å². The van der Waals surface area contributed by atoms with Crippen LogP contribution in [0.3, 0.4) is 0 Å². The number of hydrogen-bond acceptors (Lipinski definition) is 3. The number of nitriles is 1. The third-order valence-electron chi connectivity index (χ3n) is 2.90. The lowest BCUT2D eigenvalue weighted by Gasteiger charge is -2.14. The molecule has 92 valence electrons. The maximum absolute atomic E-state index is 13.2. The third-order valence-corrected chi connectivity index (χ3v) is 2.90. The Hall–Kier alpha value is -2.22. The number of carbonyl (C=O) groups is 2. The summed E-state index contributed by atoms with van der Waals surface area (Å²) < 4.78 is 13.2. The van der Waals surface area contributed by atoms with Crippen LogP contribution in [0, 0.1) is 23.1 Å². The minimum atomic E-state index is -0.545. The van der Waals surface area contributed by atoms with E-state index in [4.69, 9.17) is 5.26 Å². The Morgan fingerprint density at radius 2 is 2.17 bits per heavy atom. The molecule has 1 aromatic carbocycles. The van der Waals surface area contributed by atoms with Crippen molar-refractivity contribution in [2.45, 2.75) is 19.9 Å². The van der Waals surface area contributed by atoms with Crippen LogP contribution in [0.5, 0.6) is 0 Å². The van der Waals surface area contributed by atoms with E-state index in [1.165, 1.54) is 12.1 Å². The van der Waals surface area contributed by atoms with Crippen molar-refractivity contribution < 1.29 is 14.0 Å². The molecule has 1 fully saturated rings. The Bertz CT molecular complexity index is 563. The van der Waals surface area contributed by atoms with E-state index in [0.29, 0.717) is 5.56 Å². The molecule has 0 aromatic heterocycles. The molecule has 18 heavy (non-hydrogen) atoms. The van der Waals surface area contributed by atoms with Gasteiger partial charge in [-0.05, 0) is 23.8 Å². The van der Waals surface area contributed by atoms with Crippen molar-refractivity contribution in [1.82, 2.24) is 4.90 Å². The quantitative estimate of drug-likeness (QED) is 0.744. The molecule has 0 aliphatic carbocycles. The fourth-order valence-corrected chi connectivity index (χ4v) is 2.00. The lowest BCUT2D eigenvalue weighted by Crippen LogP contribution is -2.29. The molecule has 1 aliphatic heterocycles. The Morgan fingerprint density at radius 1 is 1.44 bits per heavy atom. The highest BCUT2D eigenvalue weighted by atomic mass is 19.1. The molecule has 1 unspecified atom stereocenters. The van der Waals surface area contributed by atoms with E-state index in [1.807, 2.05) is 6.07 Å². The van der Waals surface area contributed by atoms with Gasteiger partial charge in [0.2, 0.25) is 11.8 Å². The van der Waals surface area contributed by atoms with Gasteiger partial charge in [0.25, 0.3) is 0 Å². The number of imide groups is 1. The first-order valence-electron chi connectivity index (χ1n) is 5.55. The number of likely N-dealkylation sites (tertiary alicyclic amines) is 1. The van der Waals surface area contributed by atoms with Crippen LogP contribution in [0.4, 0.5) is 4.39 Å². The maximum Gasteiger partial charge on any atom is 0.232 e. The topological polar surface area (TPSA) is 61.2 Å². The second-order valence-electron chi connectivity index (χ2n) is 4.38. The molecule has 1 aliphatic rings. The zero-order valence-corrected chi connectivity index (χ0v) is 9.81. The van der Waals surface area contributed by atoms with Gasteiger partial charge >= 0.3 is 0 Å². The third kappa shape index (κ3) is 2.23. The van der Waals surface area contributed by atoms with Gasteiger partial charge in [0.05, 0.1) is 18.2 Å². The smallest absolute Gasteiger partial charge is 0.232 e. The van der Waals surface area contributed by atoms with E-state index in [0.717, 1.165) is 11.0 Å². The van der Waals surface area contributed by atoms with E-state index in [2.05, 4.69) is 0 Å². The van der Waals surface area contributed by atoms with Crippen molar-refractivity contribution in [3.05, 3.63) is 35.1 Å².